The Kier molecular flexibility index (Phi) is 4.85. The summed E-state index contributed by atoms with van der Waals surface area (Å²) in [5.41, 5.74) is 0. The van der Waals surface area contributed by atoms with Gasteiger partial charge in [0, 0.05) is 25.4 Å². The molecule has 1 unspecified atom stereocenters. The zero-order valence-corrected chi connectivity index (χ0v) is 9.40. The Labute approximate surface area is 90.9 Å². The van der Waals surface area contributed by atoms with E-state index in [0.717, 1.165) is 31.6 Å². The third-order valence-corrected chi connectivity index (χ3v) is 2.44. The van der Waals surface area contributed by atoms with Gasteiger partial charge in [-0.3, -0.25) is 0 Å². The highest BCUT2D eigenvalue weighted by Gasteiger charge is 2.06. The number of imidazole rings is 1. The van der Waals surface area contributed by atoms with Gasteiger partial charge in [-0.05, 0) is 19.9 Å². The summed E-state index contributed by atoms with van der Waals surface area (Å²) in [5, 5.41) is 11.8. The van der Waals surface area contributed by atoms with Gasteiger partial charge < -0.3 is 9.88 Å². The van der Waals surface area contributed by atoms with E-state index >= 15 is 0 Å². The molecule has 0 aromatic carbocycles. The second-order valence-corrected chi connectivity index (χ2v) is 3.55. The minimum absolute atomic E-state index is 0.0677. The number of rotatable bonds is 6. The number of hydrogen-bond acceptors (Lipinski definition) is 3. The molecule has 0 fully saturated rings. The molecule has 82 valence electrons. The molecule has 0 aliphatic heterocycles. The van der Waals surface area contributed by atoms with Crippen molar-refractivity contribution >= 4 is 0 Å². The Bertz CT molecular complexity index is 324. The third-order valence-electron chi connectivity index (χ3n) is 2.44. The maximum Gasteiger partial charge on any atom is 0.108 e. The summed E-state index contributed by atoms with van der Waals surface area (Å²) in [5.74, 6) is 1.12. The first-order chi connectivity index (χ1) is 7.31. The Balaban J connectivity index is 2.50. The van der Waals surface area contributed by atoms with Crippen LogP contribution in [0.15, 0.2) is 12.4 Å². The normalized spacial score (nSPS) is 12.3. The van der Waals surface area contributed by atoms with Crippen LogP contribution in [0.3, 0.4) is 0 Å². The number of nitrogens with one attached hydrogen (secondary N) is 1. The van der Waals surface area contributed by atoms with Crippen LogP contribution in [0, 0.1) is 11.3 Å². The highest BCUT2D eigenvalue weighted by atomic mass is 15.1. The molecule has 0 aliphatic rings. The molecule has 1 N–H and O–H groups in total. The maximum absolute atomic E-state index is 8.79. The Morgan fingerprint density at radius 3 is 3.07 bits per heavy atom. The monoisotopic (exact) mass is 206 g/mol. The van der Waals surface area contributed by atoms with Gasteiger partial charge in [-0.25, -0.2) is 4.98 Å². The maximum atomic E-state index is 8.79. The fourth-order valence-electron chi connectivity index (χ4n) is 1.54. The number of aryl methyl sites for hydroxylation is 2. The van der Waals surface area contributed by atoms with E-state index in [9.17, 15) is 0 Å². The molecular weight excluding hydrogens is 188 g/mol. The minimum Gasteiger partial charge on any atom is -0.335 e. The molecule has 0 bridgehead atoms. The highest BCUT2D eigenvalue weighted by Crippen LogP contribution is 2.03. The van der Waals surface area contributed by atoms with E-state index in [1.54, 1.807) is 0 Å². The van der Waals surface area contributed by atoms with Gasteiger partial charge in [0.1, 0.15) is 5.82 Å². The van der Waals surface area contributed by atoms with Crippen molar-refractivity contribution in [2.75, 3.05) is 7.05 Å². The predicted molar refractivity (Wildman–Crippen MR) is 59.3 cm³/mol. The number of nitrogens with zero attached hydrogens (tertiary/aromatic N) is 3. The summed E-state index contributed by atoms with van der Waals surface area (Å²) >= 11 is 0. The topological polar surface area (TPSA) is 53.6 Å². The summed E-state index contributed by atoms with van der Waals surface area (Å²) in [4.78, 5) is 4.30. The van der Waals surface area contributed by atoms with Gasteiger partial charge in [-0.15, -0.1) is 0 Å². The van der Waals surface area contributed by atoms with Crippen molar-refractivity contribution in [3.05, 3.63) is 18.2 Å². The molecule has 0 saturated carbocycles. The molecule has 0 spiro atoms. The van der Waals surface area contributed by atoms with Crippen LogP contribution in [0.25, 0.3) is 0 Å². The second kappa shape index (κ2) is 6.20. The van der Waals surface area contributed by atoms with Crippen LogP contribution in [0.1, 0.15) is 25.6 Å². The van der Waals surface area contributed by atoms with Crippen molar-refractivity contribution in [1.82, 2.24) is 14.9 Å². The van der Waals surface area contributed by atoms with Gasteiger partial charge in [0.05, 0.1) is 12.1 Å². The zero-order chi connectivity index (χ0) is 11.1. The first-order valence-corrected chi connectivity index (χ1v) is 5.38. The van der Waals surface area contributed by atoms with Crippen LogP contribution in [0.5, 0.6) is 0 Å². The van der Waals surface area contributed by atoms with E-state index in [1.165, 1.54) is 0 Å². The van der Waals surface area contributed by atoms with Gasteiger partial charge in [0.15, 0.2) is 0 Å². The highest BCUT2D eigenvalue weighted by molar-refractivity contribution is 4.94. The van der Waals surface area contributed by atoms with E-state index in [0.29, 0.717) is 0 Å². The second-order valence-electron chi connectivity index (χ2n) is 3.55. The summed E-state index contributed by atoms with van der Waals surface area (Å²) in [6.45, 7) is 3.00. The molecule has 4 heteroatoms. The van der Waals surface area contributed by atoms with E-state index < -0.39 is 0 Å². The van der Waals surface area contributed by atoms with E-state index in [4.69, 9.17) is 5.26 Å². The lowest BCUT2D eigenvalue weighted by Gasteiger charge is -2.10. The van der Waals surface area contributed by atoms with Crippen molar-refractivity contribution in [3.63, 3.8) is 0 Å². The largest absolute Gasteiger partial charge is 0.335 e. The molecule has 1 aromatic heterocycles. The Morgan fingerprint density at radius 2 is 2.47 bits per heavy atom. The summed E-state index contributed by atoms with van der Waals surface area (Å²) in [6, 6.07) is 2.15. The lowest BCUT2D eigenvalue weighted by molar-refractivity contribution is 0.536. The lowest BCUT2D eigenvalue weighted by atomic mass is 10.2. The number of nitriles is 1. The van der Waals surface area contributed by atoms with Gasteiger partial charge in [-0.1, -0.05) is 6.92 Å². The van der Waals surface area contributed by atoms with Crippen molar-refractivity contribution in [3.8, 4) is 6.07 Å². The molecule has 15 heavy (non-hydrogen) atoms. The minimum atomic E-state index is -0.0677. The molecule has 1 heterocycles. The first kappa shape index (κ1) is 11.7. The molecule has 0 amide bonds. The van der Waals surface area contributed by atoms with Crippen molar-refractivity contribution < 1.29 is 0 Å². The van der Waals surface area contributed by atoms with Crippen LogP contribution in [-0.4, -0.2) is 22.6 Å². The molecule has 0 aliphatic carbocycles. The molecular formula is C11H18N4. The quantitative estimate of drug-likeness (QED) is 0.764. The van der Waals surface area contributed by atoms with Crippen LogP contribution in [-0.2, 0) is 13.0 Å². The summed E-state index contributed by atoms with van der Waals surface area (Å²) in [7, 11) is 1.81. The van der Waals surface area contributed by atoms with Gasteiger partial charge in [0.25, 0.3) is 0 Å². The fourth-order valence-corrected chi connectivity index (χ4v) is 1.54. The zero-order valence-electron chi connectivity index (χ0n) is 9.40. The summed E-state index contributed by atoms with van der Waals surface area (Å²) in [6.07, 6.45) is 6.73. The van der Waals surface area contributed by atoms with Crippen LogP contribution >= 0.6 is 0 Å². The first-order valence-electron chi connectivity index (χ1n) is 5.38. The van der Waals surface area contributed by atoms with Crippen molar-refractivity contribution in [1.29, 1.82) is 5.26 Å². The van der Waals surface area contributed by atoms with E-state index in [1.807, 2.05) is 19.4 Å². The Morgan fingerprint density at radius 1 is 1.67 bits per heavy atom. The Hall–Kier alpha value is -1.34. The van der Waals surface area contributed by atoms with Crippen LogP contribution in [0.4, 0.5) is 0 Å². The van der Waals surface area contributed by atoms with Gasteiger partial charge in [-0.2, -0.15) is 5.26 Å². The third kappa shape index (κ3) is 3.37. The molecule has 1 aromatic rings. The van der Waals surface area contributed by atoms with Gasteiger partial charge >= 0.3 is 0 Å². The van der Waals surface area contributed by atoms with E-state index in [-0.39, 0.29) is 6.04 Å². The lowest BCUT2D eigenvalue weighted by Crippen LogP contribution is -2.24. The predicted octanol–water partition coefficient (Wildman–Crippen LogP) is 1.34. The average molecular weight is 206 g/mol. The molecule has 1 atom stereocenters. The smallest absolute Gasteiger partial charge is 0.108 e. The van der Waals surface area contributed by atoms with E-state index in [2.05, 4.69) is 27.9 Å². The summed E-state index contributed by atoms with van der Waals surface area (Å²) < 4.78 is 2.13. The van der Waals surface area contributed by atoms with Crippen molar-refractivity contribution in [2.24, 2.45) is 0 Å². The molecule has 1 rings (SSSR count). The standard InChI is InChI=1S/C11H18N4/c1-3-4-11-14-6-8-15(11)7-5-10(9-12)13-2/h6,8,10,13H,3-5,7H2,1-2H3. The van der Waals surface area contributed by atoms with Crippen LogP contribution in [0.2, 0.25) is 0 Å². The molecule has 0 radical (unpaired) electrons. The number of hydrogen-bond donors (Lipinski definition) is 1. The molecule has 0 saturated heterocycles. The molecule has 4 nitrogen and oxygen atoms in total. The fraction of sp³-hybridized carbons (Fsp3) is 0.636. The average Bonchev–Trinajstić information content (AvgIpc) is 2.68. The van der Waals surface area contributed by atoms with Crippen LogP contribution < -0.4 is 5.32 Å². The number of aromatic nitrogens is 2. The SMILES string of the molecule is CCCc1nccn1CCC(C#N)NC. The van der Waals surface area contributed by atoms with Crippen molar-refractivity contribution in [2.45, 2.75) is 38.8 Å². The van der Waals surface area contributed by atoms with Gasteiger partial charge in [0.2, 0.25) is 0 Å².